The number of hydrogen-bond donors (Lipinski definition) is 1. The van der Waals surface area contributed by atoms with E-state index < -0.39 is 6.43 Å². The molecule has 0 spiro atoms. The highest BCUT2D eigenvalue weighted by atomic mass is 127. The lowest BCUT2D eigenvalue weighted by molar-refractivity contribution is 0.149. The van der Waals surface area contributed by atoms with Gasteiger partial charge >= 0.3 is 0 Å². The Morgan fingerprint density at radius 1 is 1.62 bits per heavy atom. The number of hydrogen-bond acceptors (Lipinski definition) is 2. The Morgan fingerprint density at radius 2 is 2.23 bits per heavy atom. The second kappa shape index (κ2) is 4.28. The van der Waals surface area contributed by atoms with Crippen molar-refractivity contribution < 1.29 is 8.78 Å². The number of aromatic nitrogens is 1. The van der Waals surface area contributed by atoms with E-state index in [2.05, 4.69) is 4.98 Å². The second-order valence-electron chi connectivity index (χ2n) is 2.64. The first-order valence-electron chi connectivity index (χ1n) is 3.70. The quantitative estimate of drug-likeness (QED) is 0.672. The van der Waals surface area contributed by atoms with E-state index in [0.717, 1.165) is 9.26 Å². The highest BCUT2D eigenvalue weighted by Gasteiger charge is 2.14. The minimum Gasteiger partial charge on any atom is -0.325 e. The molecule has 0 atom stereocenters. The van der Waals surface area contributed by atoms with Gasteiger partial charge in [-0.25, -0.2) is 13.8 Å². The summed E-state index contributed by atoms with van der Waals surface area (Å²) in [5.74, 6) is 0. The van der Waals surface area contributed by atoms with Crippen LogP contribution >= 0.6 is 22.6 Å². The Labute approximate surface area is 88.7 Å². The maximum absolute atomic E-state index is 12.4. The number of alkyl halides is 2. The van der Waals surface area contributed by atoms with Gasteiger partial charge in [-0.2, -0.15) is 0 Å². The summed E-state index contributed by atoms with van der Waals surface area (Å²) in [4.78, 5) is 3.99. The number of nitrogens with two attached hydrogens (primary N) is 1. The summed E-state index contributed by atoms with van der Waals surface area (Å²) in [5, 5.41) is 0. The monoisotopic (exact) mass is 298 g/mol. The molecule has 0 saturated heterocycles. The normalized spacial score (nSPS) is 10.9. The summed E-state index contributed by atoms with van der Waals surface area (Å²) in [6.07, 6.45) is -2.50. The maximum atomic E-state index is 12.4. The topological polar surface area (TPSA) is 38.9 Å². The zero-order chi connectivity index (χ0) is 10.0. The molecule has 2 nitrogen and oxygen atoms in total. The van der Waals surface area contributed by atoms with Gasteiger partial charge in [0, 0.05) is 12.1 Å². The third kappa shape index (κ3) is 2.34. The van der Waals surface area contributed by atoms with Crippen LogP contribution in [0.1, 0.15) is 23.2 Å². The molecule has 0 radical (unpaired) electrons. The maximum Gasteiger partial charge on any atom is 0.265 e. The van der Waals surface area contributed by atoms with Crippen molar-refractivity contribution in [1.29, 1.82) is 0 Å². The first-order chi connectivity index (χ1) is 6.06. The van der Waals surface area contributed by atoms with Gasteiger partial charge in [-0.3, -0.25) is 0 Å². The second-order valence-corrected chi connectivity index (χ2v) is 3.66. The molecule has 0 aliphatic heterocycles. The molecular weight excluding hydrogens is 289 g/mol. The van der Waals surface area contributed by atoms with Crippen LogP contribution in [0.15, 0.2) is 6.07 Å². The molecule has 0 aromatic carbocycles. The fraction of sp³-hybridized carbons (Fsp3) is 0.375. The molecule has 0 bridgehead atoms. The van der Waals surface area contributed by atoms with Crippen molar-refractivity contribution >= 4 is 22.6 Å². The van der Waals surface area contributed by atoms with Gasteiger partial charge in [-0.15, -0.1) is 0 Å². The Morgan fingerprint density at radius 3 is 2.69 bits per heavy atom. The Balaban J connectivity index is 3.25. The molecule has 1 heterocycles. The van der Waals surface area contributed by atoms with Gasteiger partial charge in [0.05, 0.1) is 5.69 Å². The van der Waals surface area contributed by atoms with Gasteiger partial charge in [0.2, 0.25) is 0 Å². The smallest absolute Gasteiger partial charge is 0.265 e. The van der Waals surface area contributed by atoms with E-state index in [4.69, 9.17) is 5.73 Å². The number of pyridine rings is 1. The van der Waals surface area contributed by atoms with Crippen LogP contribution in [0.25, 0.3) is 0 Å². The number of aryl methyl sites for hydroxylation is 1. The number of rotatable bonds is 2. The predicted octanol–water partition coefficient (Wildman–Crippen LogP) is 2.39. The van der Waals surface area contributed by atoms with Crippen molar-refractivity contribution in [3.63, 3.8) is 0 Å². The largest absolute Gasteiger partial charge is 0.325 e. The van der Waals surface area contributed by atoms with Gasteiger partial charge in [0.25, 0.3) is 6.43 Å². The molecule has 0 aliphatic rings. The molecule has 1 aromatic rings. The van der Waals surface area contributed by atoms with Crippen LogP contribution in [0.2, 0.25) is 0 Å². The van der Waals surface area contributed by atoms with Crippen molar-refractivity contribution in [3.05, 3.63) is 26.6 Å². The average molecular weight is 298 g/mol. The Hall–Kier alpha value is -0.300. The van der Waals surface area contributed by atoms with Crippen LogP contribution in [-0.4, -0.2) is 4.98 Å². The predicted molar refractivity (Wildman–Crippen MR) is 54.5 cm³/mol. The van der Waals surface area contributed by atoms with Gasteiger partial charge in [-0.1, -0.05) is 0 Å². The Bertz CT molecular complexity index is 315. The lowest BCUT2D eigenvalue weighted by Gasteiger charge is -2.08. The molecule has 72 valence electrons. The molecule has 0 aliphatic carbocycles. The minimum absolute atomic E-state index is 0.0515. The van der Waals surface area contributed by atoms with E-state index in [9.17, 15) is 8.78 Å². The molecular formula is C8H9F2IN2. The van der Waals surface area contributed by atoms with Crippen LogP contribution in [0.3, 0.4) is 0 Å². The SMILES string of the molecule is Cc1cc(C(F)F)c(CN)nc1I. The van der Waals surface area contributed by atoms with Crippen LogP contribution in [0.4, 0.5) is 8.78 Å². The summed E-state index contributed by atoms with van der Waals surface area (Å²) < 4.78 is 25.6. The zero-order valence-corrected chi connectivity index (χ0v) is 9.18. The standard InChI is InChI=1S/C8H9F2IN2/c1-4-2-5(7(9)10)6(3-12)13-8(4)11/h2,7H,3,12H2,1H3. The van der Waals surface area contributed by atoms with Gasteiger partial charge < -0.3 is 5.73 Å². The first kappa shape index (κ1) is 10.8. The van der Waals surface area contributed by atoms with Crippen LogP contribution in [0.5, 0.6) is 0 Å². The summed E-state index contributed by atoms with van der Waals surface area (Å²) in [6, 6.07) is 1.45. The van der Waals surface area contributed by atoms with Gasteiger partial charge in [-0.05, 0) is 41.1 Å². The highest BCUT2D eigenvalue weighted by molar-refractivity contribution is 14.1. The molecule has 5 heteroatoms. The van der Waals surface area contributed by atoms with Crippen LogP contribution in [0, 0.1) is 10.6 Å². The molecule has 2 N–H and O–H groups in total. The molecule has 1 rings (SSSR count). The summed E-state index contributed by atoms with van der Waals surface area (Å²) in [7, 11) is 0. The van der Waals surface area contributed by atoms with Crippen molar-refractivity contribution in [2.24, 2.45) is 5.73 Å². The first-order valence-corrected chi connectivity index (χ1v) is 4.78. The van der Waals surface area contributed by atoms with E-state index in [0.29, 0.717) is 0 Å². The van der Waals surface area contributed by atoms with E-state index in [1.165, 1.54) is 6.07 Å². The van der Waals surface area contributed by atoms with Crippen LogP contribution < -0.4 is 5.73 Å². The van der Waals surface area contributed by atoms with Gasteiger partial charge in [0.1, 0.15) is 3.70 Å². The molecule has 0 saturated carbocycles. The molecule has 0 amide bonds. The van der Waals surface area contributed by atoms with Crippen molar-refractivity contribution in [1.82, 2.24) is 4.98 Å². The molecule has 13 heavy (non-hydrogen) atoms. The lowest BCUT2D eigenvalue weighted by atomic mass is 10.1. The third-order valence-corrected chi connectivity index (χ3v) is 2.78. The lowest BCUT2D eigenvalue weighted by Crippen LogP contribution is -2.07. The van der Waals surface area contributed by atoms with Crippen molar-refractivity contribution in [3.8, 4) is 0 Å². The van der Waals surface area contributed by atoms with E-state index in [1.807, 2.05) is 22.6 Å². The van der Waals surface area contributed by atoms with E-state index in [1.54, 1.807) is 6.92 Å². The van der Waals surface area contributed by atoms with E-state index in [-0.39, 0.29) is 17.8 Å². The number of halogens is 3. The summed E-state index contributed by atoms with van der Waals surface area (Å²) in [6.45, 7) is 1.80. The molecule has 1 aromatic heterocycles. The highest BCUT2D eigenvalue weighted by Crippen LogP contribution is 2.24. The number of nitrogens with zero attached hydrogens (tertiary/aromatic N) is 1. The zero-order valence-electron chi connectivity index (χ0n) is 7.02. The fourth-order valence-electron chi connectivity index (χ4n) is 1.000. The van der Waals surface area contributed by atoms with Crippen LogP contribution in [-0.2, 0) is 6.54 Å². The minimum atomic E-state index is -2.50. The molecule has 0 unspecified atom stereocenters. The third-order valence-electron chi connectivity index (χ3n) is 1.69. The van der Waals surface area contributed by atoms with Crippen molar-refractivity contribution in [2.45, 2.75) is 19.9 Å². The van der Waals surface area contributed by atoms with E-state index >= 15 is 0 Å². The fourth-order valence-corrected chi connectivity index (χ4v) is 1.45. The summed E-state index contributed by atoms with van der Waals surface area (Å²) >= 11 is 2.00. The Kier molecular flexibility index (Phi) is 3.55. The summed E-state index contributed by atoms with van der Waals surface area (Å²) in [5.41, 5.74) is 6.29. The average Bonchev–Trinajstić information content (AvgIpc) is 2.08. The molecule has 0 fully saturated rings. The van der Waals surface area contributed by atoms with Crippen molar-refractivity contribution in [2.75, 3.05) is 0 Å². The van der Waals surface area contributed by atoms with Gasteiger partial charge in [0.15, 0.2) is 0 Å².